The lowest BCUT2D eigenvalue weighted by Gasteiger charge is -2.18. The van der Waals surface area contributed by atoms with Gasteiger partial charge >= 0.3 is 0 Å². The molecule has 0 spiro atoms. The van der Waals surface area contributed by atoms with Gasteiger partial charge in [-0.2, -0.15) is 0 Å². The summed E-state index contributed by atoms with van der Waals surface area (Å²) in [6.07, 6.45) is 1.81. The van der Waals surface area contributed by atoms with Gasteiger partial charge in [-0.15, -0.1) is 11.8 Å². The fraction of sp³-hybridized carbons (Fsp3) is 0.150. The van der Waals surface area contributed by atoms with E-state index in [0.29, 0.717) is 0 Å². The summed E-state index contributed by atoms with van der Waals surface area (Å²) in [5, 5.41) is 1.20. The molecule has 3 aromatic rings. The Labute approximate surface area is 141 Å². The number of allylic oxidation sites excluding steroid dienone is 2. The predicted octanol–water partition coefficient (Wildman–Crippen LogP) is 5.68. The molecule has 0 radical (unpaired) electrons. The summed E-state index contributed by atoms with van der Waals surface area (Å²) in [6, 6.07) is 22.6. The van der Waals surface area contributed by atoms with Gasteiger partial charge in [0.1, 0.15) is 0 Å². The van der Waals surface area contributed by atoms with Crippen LogP contribution in [0.4, 0.5) is 5.69 Å². The molecule has 0 fully saturated rings. The summed E-state index contributed by atoms with van der Waals surface area (Å²) in [7, 11) is 0. The first kappa shape index (κ1) is 15.6. The smallest absolute Gasteiger partial charge is 0.0729 e. The van der Waals surface area contributed by atoms with Crippen LogP contribution in [0.25, 0.3) is 10.9 Å². The quantitative estimate of drug-likeness (QED) is 0.573. The summed E-state index contributed by atoms with van der Waals surface area (Å²) in [5.41, 5.74) is 3.74. The van der Waals surface area contributed by atoms with Crippen LogP contribution in [0.5, 0.6) is 0 Å². The first-order chi connectivity index (χ1) is 11.3. The highest BCUT2D eigenvalue weighted by atomic mass is 32.2. The van der Waals surface area contributed by atoms with Crippen LogP contribution in [0.3, 0.4) is 0 Å². The molecular formula is C20H20N2S. The Morgan fingerprint density at radius 2 is 1.57 bits per heavy atom. The molecular weight excluding hydrogens is 300 g/mol. The van der Waals surface area contributed by atoms with Gasteiger partial charge < -0.3 is 4.90 Å². The van der Waals surface area contributed by atoms with Crippen molar-refractivity contribution in [3.05, 3.63) is 83.5 Å². The van der Waals surface area contributed by atoms with E-state index in [1.807, 2.05) is 42.2 Å². The molecule has 0 saturated heterocycles. The molecule has 0 aliphatic carbocycles. The molecule has 1 aromatic heterocycles. The number of para-hydroxylation sites is 2. The summed E-state index contributed by atoms with van der Waals surface area (Å²) < 4.78 is 0. The number of hydrogen-bond donors (Lipinski definition) is 0. The van der Waals surface area contributed by atoms with Crippen molar-refractivity contribution in [2.24, 2.45) is 0 Å². The number of rotatable bonds is 1. The number of aromatic nitrogens is 1. The minimum Gasteiger partial charge on any atom is -0.335 e. The molecule has 0 atom stereocenters. The van der Waals surface area contributed by atoms with Gasteiger partial charge in [0.05, 0.1) is 11.4 Å². The second kappa shape index (κ2) is 7.34. The molecule has 0 bridgehead atoms. The van der Waals surface area contributed by atoms with Crippen LogP contribution in [0.2, 0.25) is 0 Å². The maximum absolute atomic E-state index is 4.18. The summed E-state index contributed by atoms with van der Waals surface area (Å²) in [6.45, 7) is 4.37. The van der Waals surface area contributed by atoms with Crippen molar-refractivity contribution >= 4 is 28.4 Å². The van der Waals surface area contributed by atoms with Crippen molar-refractivity contribution in [2.45, 2.75) is 13.8 Å². The third-order valence-corrected chi connectivity index (χ3v) is 5.02. The van der Waals surface area contributed by atoms with Crippen molar-refractivity contribution in [3.8, 4) is 0 Å². The molecule has 4 rings (SSSR count). The van der Waals surface area contributed by atoms with Crippen LogP contribution in [0, 0.1) is 0 Å². The van der Waals surface area contributed by atoms with Crippen LogP contribution in [-0.4, -0.2) is 10.9 Å². The van der Waals surface area contributed by atoms with E-state index < -0.39 is 0 Å². The lowest BCUT2D eigenvalue weighted by atomic mass is 10.2. The maximum Gasteiger partial charge on any atom is 0.0729 e. The third kappa shape index (κ3) is 3.74. The maximum atomic E-state index is 4.18. The van der Waals surface area contributed by atoms with E-state index in [-0.39, 0.29) is 0 Å². The average Bonchev–Trinajstić information content (AvgIpc) is 2.96. The minimum atomic E-state index is 1.06. The van der Waals surface area contributed by atoms with Crippen molar-refractivity contribution < 1.29 is 0 Å². The zero-order valence-electron chi connectivity index (χ0n) is 13.4. The Balaban J connectivity index is 0.000000140. The predicted molar refractivity (Wildman–Crippen MR) is 101 cm³/mol. The average molecular weight is 320 g/mol. The Hall–Kier alpha value is -2.26. The van der Waals surface area contributed by atoms with E-state index in [1.54, 1.807) is 0 Å². The van der Waals surface area contributed by atoms with Crippen LogP contribution in [-0.2, 0) is 0 Å². The fourth-order valence-corrected chi connectivity index (χ4v) is 3.43. The largest absolute Gasteiger partial charge is 0.335 e. The molecule has 2 heterocycles. The molecule has 2 nitrogen and oxygen atoms in total. The van der Waals surface area contributed by atoms with Crippen LogP contribution < -0.4 is 4.90 Å². The SMILES string of the molecule is CC1=C(C)N(c2ccccc2)CS1.c1ccc2ncccc2c1. The van der Waals surface area contributed by atoms with Crippen molar-refractivity contribution in [1.29, 1.82) is 0 Å². The summed E-state index contributed by atoms with van der Waals surface area (Å²) in [5.74, 6) is 1.06. The Kier molecular flexibility index (Phi) is 4.99. The first-order valence-electron chi connectivity index (χ1n) is 7.68. The monoisotopic (exact) mass is 320 g/mol. The number of fused-ring (bicyclic) bond motifs is 1. The Morgan fingerprint density at radius 3 is 2.26 bits per heavy atom. The highest BCUT2D eigenvalue weighted by Crippen LogP contribution is 2.34. The molecule has 116 valence electrons. The number of benzene rings is 2. The molecule has 0 N–H and O–H groups in total. The second-order valence-corrected chi connectivity index (χ2v) is 6.53. The van der Waals surface area contributed by atoms with Gasteiger partial charge in [0.25, 0.3) is 0 Å². The van der Waals surface area contributed by atoms with Crippen LogP contribution in [0.1, 0.15) is 13.8 Å². The molecule has 1 aliphatic rings. The van der Waals surface area contributed by atoms with E-state index in [2.05, 4.69) is 66.2 Å². The molecule has 23 heavy (non-hydrogen) atoms. The van der Waals surface area contributed by atoms with Gasteiger partial charge in [0, 0.05) is 27.9 Å². The normalized spacial score (nSPS) is 13.9. The third-order valence-electron chi connectivity index (χ3n) is 3.90. The highest BCUT2D eigenvalue weighted by molar-refractivity contribution is 8.03. The molecule has 0 unspecified atom stereocenters. The van der Waals surface area contributed by atoms with E-state index in [9.17, 15) is 0 Å². The van der Waals surface area contributed by atoms with E-state index in [4.69, 9.17) is 0 Å². The van der Waals surface area contributed by atoms with Crippen molar-refractivity contribution in [1.82, 2.24) is 4.98 Å². The van der Waals surface area contributed by atoms with Crippen molar-refractivity contribution in [2.75, 3.05) is 10.8 Å². The van der Waals surface area contributed by atoms with Gasteiger partial charge in [0.2, 0.25) is 0 Å². The number of hydrogen-bond acceptors (Lipinski definition) is 3. The zero-order valence-corrected chi connectivity index (χ0v) is 14.3. The molecule has 3 heteroatoms. The van der Waals surface area contributed by atoms with Gasteiger partial charge in [-0.1, -0.05) is 42.5 Å². The number of nitrogens with zero attached hydrogens (tertiary/aromatic N) is 2. The van der Waals surface area contributed by atoms with E-state index >= 15 is 0 Å². The number of anilines is 1. The molecule has 0 amide bonds. The highest BCUT2D eigenvalue weighted by Gasteiger charge is 2.17. The fourth-order valence-electron chi connectivity index (χ4n) is 2.44. The van der Waals surface area contributed by atoms with Gasteiger partial charge in [0.15, 0.2) is 0 Å². The number of pyridine rings is 1. The first-order valence-corrected chi connectivity index (χ1v) is 8.67. The van der Waals surface area contributed by atoms with Crippen LogP contribution >= 0.6 is 11.8 Å². The van der Waals surface area contributed by atoms with Gasteiger partial charge in [-0.25, -0.2) is 0 Å². The second-order valence-electron chi connectivity index (χ2n) is 5.37. The minimum absolute atomic E-state index is 1.06. The Morgan fingerprint density at radius 1 is 0.870 bits per heavy atom. The van der Waals surface area contributed by atoms with Gasteiger partial charge in [-0.3, -0.25) is 4.98 Å². The molecule has 0 saturated carbocycles. The van der Waals surface area contributed by atoms with Crippen LogP contribution in [0.15, 0.2) is 83.5 Å². The summed E-state index contributed by atoms with van der Waals surface area (Å²) in [4.78, 5) is 7.96. The lowest BCUT2D eigenvalue weighted by molar-refractivity contribution is 1.08. The molecule has 1 aliphatic heterocycles. The van der Waals surface area contributed by atoms with Gasteiger partial charge in [-0.05, 0) is 38.1 Å². The topological polar surface area (TPSA) is 16.1 Å². The molecule has 2 aromatic carbocycles. The lowest BCUT2D eigenvalue weighted by Crippen LogP contribution is -2.15. The Bertz CT molecular complexity index is 747. The number of thioether (sulfide) groups is 1. The zero-order chi connectivity index (χ0) is 16.1. The van der Waals surface area contributed by atoms with E-state index in [0.717, 1.165) is 11.4 Å². The standard InChI is InChI=1S/C11H13NS.C9H7N/c1-9-10(2)13-8-12(9)11-6-4-3-5-7-11;1-2-6-9-8(4-1)5-3-7-10-9/h3-7H,8H2,1-2H3;1-7H. The van der Waals surface area contributed by atoms with E-state index in [1.165, 1.54) is 21.7 Å². The van der Waals surface area contributed by atoms with Crippen molar-refractivity contribution in [3.63, 3.8) is 0 Å². The summed E-state index contributed by atoms with van der Waals surface area (Å²) >= 11 is 1.91.